The molecule has 6 heteroatoms. The number of thiophene rings is 1. The number of nitrogens with one attached hydrogen (secondary N) is 1. The number of ether oxygens (including phenoxy) is 1. The number of methoxy groups -OCH3 is 1. The van der Waals surface area contributed by atoms with Crippen LogP contribution in [0.4, 0.5) is 5.00 Å². The van der Waals surface area contributed by atoms with Crippen LogP contribution < -0.4 is 5.32 Å². The molecule has 5 nitrogen and oxygen atoms in total. The Morgan fingerprint density at radius 1 is 1.27 bits per heavy atom. The van der Waals surface area contributed by atoms with Crippen LogP contribution in [0.3, 0.4) is 0 Å². The number of fused-ring (bicyclic) bond motifs is 2. The molecule has 2 fully saturated rings. The van der Waals surface area contributed by atoms with Gasteiger partial charge in [-0.2, -0.15) is 0 Å². The standard InChI is InChI=1S/C20H30N2O3S/c1-12-13(2)26-17(16(12)18(24)25-6)21-15(23)9-22-11-20(5)8-14(22)7-19(3,4)10-20/h14H,7-11H2,1-6H3,(H,21,23)/t14-,20+/m1/s1. The van der Waals surface area contributed by atoms with Gasteiger partial charge in [0.15, 0.2) is 0 Å². The van der Waals surface area contributed by atoms with Crippen molar-refractivity contribution in [3.63, 3.8) is 0 Å². The van der Waals surface area contributed by atoms with Gasteiger partial charge in [0.1, 0.15) is 5.00 Å². The maximum absolute atomic E-state index is 12.7. The van der Waals surface area contributed by atoms with Gasteiger partial charge in [0.2, 0.25) is 5.91 Å². The Bertz CT molecular complexity index is 740. The number of amides is 1. The van der Waals surface area contributed by atoms with Gasteiger partial charge in [0.25, 0.3) is 0 Å². The lowest BCUT2D eigenvalue weighted by molar-refractivity contribution is -0.117. The average molecular weight is 379 g/mol. The van der Waals surface area contributed by atoms with E-state index in [0.29, 0.717) is 34.0 Å². The molecule has 0 aromatic carbocycles. The Morgan fingerprint density at radius 3 is 2.62 bits per heavy atom. The van der Waals surface area contributed by atoms with Gasteiger partial charge in [0, 0.05) is 17.5 Å². The van der Waals surface area contributed by atoms with E-state index in [2.05, 4.69) is 31.0 Å². The Labute approximate surface area is 160 Å². The summed E-state index contributed by atoms with van der Waals surface area (Å²) in [6.07, 6.45) is 3.53. The number of anilines is 1. The van der Waals surface area contributed by atoms with E-state index in [-0.39, 0.29) is 5.91 Å². The van der Waals surface area contributed by atoms with Crippen LogP contribution in [0.2, 0.25) is 0 Å². The second-order valence-corrected chi connectivity index (χ2v) is 10.4. The van der Waals surface area contributed by atoms with Crippen LogP contribution >= 0.6 is 11.3 Å². The van der Waals surface area contributed by atoms with Gasteiger partial charge in [-0.1, -0.05) is 20.8 Å². The molecule has 1 amide bonds. The van der Waals surface area contributed by atoms with Gasteiger partial charge >= 0.3 is 5.97 Å². The second-order valence-electron chi connectivity index (χ2n) is 9.15. The number of hydrogen-bond acceptors (Lipinski definition) is 5. The first-order valence-electron chi connectivity index (χ1n) is 9.26. The Hall–Kier alpha value is -1.40. The van der Waals surface area contributed by atoms with E-state index in [9.17, 15) is 9.59 Å². The molecule has 2 heterocycles. The molecule has 1 aromatic heterocycles. The molecule has 0 spiro atoms. The number of aryl methyl sites for hydroxylation is 1. The van der Waals surface area contributed by atoms with Crippen molar-refractivity contribution in [1.29, 1.82) is 0 Å². The maximum Gasteiger partial charge on any atom is 0.341 e. The Kier molecular flexibility index (Phi) is 4.95. The lowest BCUT2D eigenvalue weighted by Crippen LogP contribution is -2.38. The lowest BCUT2D eigenvalue weighted by atomic mass is 9.65. The summed E-state index contributed by atoms with van der Waals surface area (Å²) in [6.45, 7) is 12.2. The summed E-state index contributed by atoms with van der Waals surface area (Å²) in [4.78, 5) is 28.1. The predicted octanol–water partition coefficient (Wildman–Crippen LogP) is 3.99. The number of likely N-dealkylation sites (tertiary alicyclic amines) is 1. The van der Waals surface area contributed by atoms with Crippen molar-refractivity contribution in [2.45, 2.75) is 59.9 Å². The molecule has 3 rings (SSSR count). The molecule has 0 unspecified atom stereocenters. The molecule has 1 aliphatic heterocycles. The minimum Gasteiger partial charge on any atom is -0.465 e. The fourth-order valence-electron chi connectivity index (χ4n) is 5.18. The summed E-state index contributed by atoms with van der Waals surface area (Å²) in [7, 11) is 1.37. The molecular weight excluding hydrogens is 348 g/mol. The first kappa shape index (κ1) is 19.4. The van der Waals surface area contributed by atoms with Gasteiger partial charge < -0.3 is 10.1 Å². The Morgan fingerprint density at radius 2 is 1.96 bits per heavy atom. The number of nitrogens with zero attached hydrogens (tertiary/aromatic N) is 1. The van der Waals surface area contributed by atoms with Crippen LogP contribution in [0.1, 0.15) is 60.8 Å². The van der Waals surface area contributed by atoms with E-state index in [1.807, 2.05) is 13.8 Å². The molecule has 26 heavy (non-hydrogen) atoms. The van der Waals surface area contributed by atoms with Crippen LogP contribution in [-0.4, -0.2) is 43.0 Å². The first-order valence-corrected chi connectivity index (χ1v) is 10.1. The second kappa shape index (κ2) is 6.64. The highest BCUT2D eigenvalue weighted by Crippen LogP contribution is 2.52. The average Bonchev–Trinajstić information content (AvgIpc) is 2.90. The molecule has 1 N–H and O–H groups in total. The van der Waals surface area contributed by atoms with Crippen molar-refractivity contribution in [2.24, 2.45) is 10.8 Å². The van der Waals surface area contributed by atoms with E-state index < -0.39 is 5.97 Å². The molecule has 0 radical (unpaired) electrons. The topological polar surface area (TPSA) is 58.6 Å². The van der Waals surface area contributed by atoms with Crippen molar-refractivity contribution in [3.05, 3.63) is 16.0 Å². The molecule has 1 aliphatic carbocycles. The zero-order chi connectivity index (χ0) is 19.3. The quantitative estimate of drug-likeness (QED) is 0.805. The maximum atomic E-state index is 12.7. The SMILES string of the molecule is COC(=O)c1c(NC(=O)CN2C[C@@]3(C)C[C@H]2CC(C)(C)C3)sc(C)c1C. The minimum absolute atomic E-state index is 0.0506. The summed E-state index contributed by atoms with van der Waals surface area (Å²) < 4.78 is 4.89. The van der Waals surface area contributed by atoms with Gasteiger partial charge in [-0.3, -0.25) is 9.69 Å². The summed E-state index contributed by atoms with van der Waals surface area (Å²) in [6, 6.07) is 0.474. The third-order valence-electron chi connectivity index (χ3n) is 5.90. The van der Waals surface area contributed by atoms with E-state index in [0.717, 1.165) is 23.4 Å². The number of rotatable bonds is 4. The number of carbonyl (C=O) groups excluding carboxylic acids is 2. The van der Waals surface area contributed by atoms with E-state index in [4.69, 9.17) is 4.74 Å². The van der Waals surface area contributed by atoms with Crippen molar-refractivity contribution in [2.75, 3.05) is 25.5 Å². The molecule has 1 saturated carbocycles. The minimum atomic E-state index is -0.395. The zero-order valence-electron chi connectivity index (χ0n) is 16.7. The van der Waals surface area contributed by atoms with Crippen molar-refractivity contribution < 1.29 is 14.3 Å². The van der Waals surface area contributed by atoms with E-state index in [1.165, 1.54) is 31.3 Å². The predicted molar refractivity (Wildman–Crippen MR) is 105 cm³/mol. The van der Waals surface area contributed by atoms with Crippen molar-refractivity contribution >= 4 is 28.2 Å². The lowest BCUT2D eigenvalue weighted by Gasteiger charge is -2.39. The highest BCUT2D eigenvalue weighted by molar-refractivity contribution is 7.16. The monoisotopic (exact) mass is 378 g/mol. The summed E-state index contributed by atoms with van der Waals surface area (Å²) in [5.41, 5.74) is 2.00. The van der Waals surface area contributed by atoms with E-state index >= 15 is 0 Å². The van der Waals surface area contributed by atoms with E-state index in [1.54, 1.807) is 0 Å². The number of esters is 1. The number of carbonyl (C=O) groups is 2. The molecular formula is C20H30N2O3S. The summed E-state index contributed by atoms with van der Waals surface area (Å²) in [5, 5.41) is 3.57. The molecule has 144 valence electrons. The largest absolute Gasteiger partial charge is 0.465 e. The smallest absolute Gasteiger partial charge is 0.341 e. The molecule has 1 saturated heterocycles. The van der Waals surface area contributed by atoms with Crippen LogP contribution in [0.5, 0.6) is 0 Å². The first-order chi connectivity index (χ1) is 12.0. The molecule has 2 atom stereocenters. The third kappa shape index (κ3) is 3.67. The highest BCUT2D eigenvalue weighted by atomic mass is 32.1. The van der Waals surface area contributed by atoms with Crippen LogP contribution in [0, 0.1) is 24.7 Å². The normalized spacial score (nSPS) is 27.4. The van der Waals surface area contributed by atoms with Gasteiger partial charge in [0.05, 0.1) is 19.2 Å². The van der Waals surface area contributed by atoms with Crippen molar-refractivity contribution in [1.82, 2.24) is 4.90 Å². The fraction of sp³-hybridized carbons (Fsp3) is 0.700. The zero-order valence-corrected chi connectivity index (χ0v) is 17.5. The summed E-state index contributed by atoms with van der Waals surface area (Å²) in [5.74, 6) is -0.446. The van der Waals surface area contributed by atoms with Crippen molar-refractivity contribution in [3.8, 4) is 0 Å². The molecule has 2 bridgehead atoms. The molecule has 2 aliphatic rings. The Balaban J connectivity index is 1.71. The van der Waals surface area contributed by atoms with Gasteiger partial charge in [-0.05, 0) is 49.5 Å². The highest BCUT2D eigenvalue weighted by Gasteiger charge is 2.49. The van der Waals surface area contributed by atoms with Crippen LogP contribution in [-0.2, 0) is 9.53 Å². The molecule has 1 aromatic rings. The summed E-state index contributed by atoms with van der Waals surface area (Å²) >= 11 is 1.44. The number of hydrogen-bond donors (Lipinski definition) is 1. The van der Waals surface area contributed by atoms with Crippen LogP contribution in [0.15, 0.2) is 0 Å². The third-order valence-corrected chi connectivity index (χ3v) is 7.02. The van der Waals surface area contributed by atoms with Gasteiger partial charge in [-0.15, -0.1) is 11.3 Å². The fourth-order valence-corrected chi connectivity index (χ4v) is 6.24. The van der Waals surface area contributed by atoms with Crippen LogP contribution in [0.25, 0.3) is 0 Å². The van der Waals surface area contributed by atoms with Gasteiger partial charge in [-0.25, -0.2) is 4.79 Å².